The van der Waals surface area contributed by atoms with Gasteiger partial charge in [-0.3, -0.25) is 4.79 Å². The van der Waals surface area contributed by atoms with Gasteiger partial charge in [0.25, 0.3) is 0 Å². The van der Waals surface area contributed by atoms with Gasteiger partial charge in [-0.1, -0.05) is 66.7 Å². The van der Waals surface area contributed by atoms with Crippen molar-refractivity contribution >= 4 is 23.2 Å². The van der Waals surface area contributed by atoms with E-state index in [2.05, 4.69) is 6.07 Å². The van der Waals surface area contributed by atoms with Crippen molar-refractivity contribution in [1.82, 2.24) is 29.6 Å². The lowest BCUT2D eigenvalue weighted by atomic mass is 9.96. The van der Waals surface area contributed by atoms with Crippen molar-refractivity contribution in [3.05, 3.63) is 126 Å². The van der Waals surface area contributed by atoms with E-state index in [1.807, 2.05) is 120 Å². The van der Waals surface area contributed by atoms with Crippen LogP contribution in [0.1, 0.15) is 35.0 Å². The van der Waals surface area contributed by atoms with Crippen LogP contribution in [-0.4, -0.2) is 41.7 Å². The maximum absolute atomic E-state index is 12.4. The predicted octanol–water partition coefficient (Wildman–Crippen LogP) is 6.20. The Bertz CT molecular complexity index is 1910. The molecule has 0 saturated heterocycles. The number of aromatic nitrogens is 5. The second-order valence-corrected chi connectivity index (χ2v) is 10.2. The van der Waals surface area contributed by atoms with Gasteiger partial charge < -0.3 is 0 Å². The van der Waals surface area contributed by atoms with Crippen LogP contribution in [-0.2, 0) is 4.79 Å². The quantitative estimate of drug-likeness (QED) is 0.237. The molecule has 1 amide bonds. The number of amides is 1. The molecule has 3 aromatic carbocycles. The summed E-state index contributed by atoms with van der Waals surface area (Å²) in [5.74, 6) is 0. The number of carbonyl (C=O) groups is 1. The average molecular weight is 538 g/mol. The third-order valence-electron chi connectivity index (χ3n) is 7.56. The van der Waals surface area contributed by atoms with Crippen molar-refractivity contribution in [3.8, 4) is 22.6 Å². The van der Waals surface area contributed by atoms with E-state index in [-0.39, 0.29) is 6.04 Å². The molecule has 0 spiro atoms. The van der Waals surface area contributed by atoms with Crippen LogP contribution in [0.5, 0.6) is 0 Å². The summed E-state index contributed by atoms with van der Waals surface area (Å²) in [5, 5.41) is 17.0. The van der Waals surface area contributed by atoms with E-state index in [9.17, 15) is 4.79 Å². The number of rotatable bonds is 6. The highest BCUT2D eigenvalue weighted by atomic mass is 16.1. The highest BCUT2D eigenvalue weighted by Crippen LogP contribution is 2.38. The third kappa shape index (κ3) is 4.30. The van der Waals surface area contributed by atoms with Crippen LogP contribution in [0.4, 0.5) is 0 Å². The molecule has 200 valence electrons. The van der Waals surface area contributed by atoms with Crippen LogP contribution < -0.4 is 0 Å². The fourth-order valence-electron chi connectivity index (χ4n) is 5.52. The molecule has 3 aromatic heterocycles. The molecule has 41 heavy (non-hydrogen) atoms. The van der Waals surface area contributed by atoms with Crippen molar-refractivity contribution < 1.29 is 4.79 Å². The zero-order valence-corrected chi connectivity index (χ0v) is 22.7. The number of nitrogens with zero attached hydrogens (tertiary/aromatic N) is 7. The molecule has 0 N–H and O–H groups in total. The number of benzene rings is 3. The van der Waals surface area contributed by atoms with Gasteiger partial charge >= 0.3 is 0 Å². The number of fused-ring (bicyclic) bond motifs is 1. The van der Waals surface area contributed by atoms with E-state index >= 15 is 0 Å². The molecule has 8 nitrogen and oxygen atoms in total. The molecule has 1 aliphatic heterocycles. The summed E-state index contributed by atoms with van der Waals surface area (Å²) in [5.41, 5.74) is 8.90. The second kappa shape index (κ2) is 9.98. The van der Waals surface area contributed by atoms with Gasteiger partial charge in [-0.2, -0.15) is 15.3 Å². The number of carbonyl (C=O) groups excluding carboxylic acids is 1. The minimum atomic E-state index is -0.307. The average Bonchev–Trinajstić information content (AvgIpc) is 3.73. The zero-order chi connectivity index (χ0) is 27.9. The van der Waals surface area contributed by atoms with Crippen LogP contribution in [0.25, 0.3) is 33.7 Å². The van der Waals surface area contributed by atoms with Crippen molar-refractivity contribution in [3.63, 3.8) is 0 Å². The smallest absolute Gasteiger partial charge is 0.230 e. The van der Waals surface area contributed by atoms with E-state index in [4.69, 9.17) is 20.3 Å². The summed E-state index contributed by atoms with van der Waals surface area (Å²) in [7, 11) is 0. The van der Waals surface area contributed by atoms with Gasteiger partial charge in [0.2, 0.25) is 6.41 Å². The van der Waals surface area contributed by atoms with Crippen LogP contribution in [0.2, 0.25) is 0 Å². The molecule has 0 radical (unpaired) electrons. The molecule has 1 unspecified atom stereocenters. The van der Waals surface area contributed by atoms with E-state index in [0.717, 1.165) is 68.3 Å². The number of hydrazone groups is 1. The SMILES string of the molecule is Cc1nc2c(cc1C1=NN(C=O)C(c3cn(-c4ccccc4)nc3-c3ccccc3)C1)c(C)nn2-c1ccccc1. The molecule has 1 atom stereocenters. The molecule has 0 aliphatic carbocycles. The lowest BCUT2D eigenvalue weighted by Gasteiger charge is -2.17. The fourth-order valence-corrected chi connectivity index (χ4v) is 5.52. The normalized spacial score (nSPS) is 14.9. The Kier molecular flexibility index (Phi) is 6.00. The number of aryl methyl sites for hydroxylation is 2. The fraction of sp³-hybridized carbons (Fsp3) is 0.121. The van der Waals surface area contributed by atoms with Gasteiger partial charge in [-0.05, 0) is 44.2 Å². The molecule has 0 saturated carbocycles. The molecule has 6 aromatic rings. The van der Waals surface area contributed by atoms with Gasteiger partial charge in [0, 0.05) is 40.4 Å². The first-order chi connectivity index (χ1) is 20.1. The Morgan fingerprint density at radius 2 is 1.46 bits per heavy atom. The Hall–Kier alpha value is -5.37. The lowest BCUT2D eigenvalue weighted by Crippen LogP contribution is -2.17. The Balaban J connectivity index is 1.30. The van der Waals surface area contributed by atoms with Gasteiger partial charge in [0.05, 0.1) is 34.5 Å². The molecular formula is C33H27N7O. The molecule has 0 bridgehead atoms. The van der Waals surface area contributed by atoms with Crippen molar-refractivity contribution in [2.24, 2.45) is 5.10 Å². The van der Waals surface area contributed by atoms with Crippen LogP contribution in [0.3, 0.4) is 0 Å². The van der Waals surface area contributed by atoms with Gasteiger partial charge in [-0.25, -0.2) is 19.4 Å². The maximum atomic E-state index is 12.4. The molecule has 1 aliphatic rings. The number of hydrogen-bond donors (Lipinski definition) is 0. The first-order valence-corrected chi connectivity index (χ1v) is 13.5. The first kappa shape index (κ1) is 24.7. The highest BCUT2D eigenvalue weighted by molar-refractivity contribution is 6.05. The number of para-hydroxylation sites is 2. The standard InChI is InChI=1S/C33H27N7O/c1-22-27(18-28-23(2)35-40(33(28)34-22)26-16-10-5-11-17-26)30-19-31(39(21-41)36-30)29-20-38(25-14-8-4-9-15-25)37-32(29)24-12-6-3-7-13-24/h3-18,20-21,31H,19H2,1-2H3. The second-order valence-electron chi connectivity index (χ2n) is 10.2. The minimum Gasteiger partial charge on any atom is -0.277 e. The molecule has 0 fully saturated rings. The monoisotopic (exact) mass is 537 g/mol. The van der Waals surface area contributed by atoms with Gasteiger partial charge in [-0.15, -0.1) is 0 Å². The van der Waals surface area contributed by atoms with E-state index in [1.54, 1.807) is 0 Å². The Labute approximate surface area is 237 Å². The third-order valence-corrected chi connectivity index (χ3v) is 7.56. The molecule has 7 rings (SSSR count). The molecular weight excluding hydrogens is 510 g/mol. The van der Waals surface area contributed by atoms with Crippen LogP contribution in [0, 0.1) is 13.8 Å². The topological polar surface area (TPSA) is 81.2 Å². The zero-order valence-electron chi connectivity index (χ0n) is 22.7. The highest BCUT2D eigenvalue weighted by Gasteiger charge is 2.33. The van der Waals surface area contributed by atoms with Crippen molar-refractivity contribution in [1.29, 1.82) is 0 Å². The summed E-state index contributed by atoms with van der Waals surface area (Å²) in [4.78, 5) is 17.3. The van der Waals surface area contributed by atoms with E-state index < -0.39 is 0 Å². The molecule has 4 heterocycles. The predicted molar refractivity (Wildman–Crippen MR) is 159 cm³/mol. The molecule has 8 heteroatoms. The first-order valence-electron chi connectivity index (χ1n) is 13.5. The minimum absolute atomic E-state index is 0.307. The Morgan fingerprint density at radius 1 is 0.805 bits per heavy atom. The number of hydrogen-bond acceptors (Lipinski definition) is 5. The van der Waals surface area contributed by atoms with Gasteiger partial charge in [0.15, 0.2) is 5.65 Å². The largest absolute Gasteiger partial charge is 0.277 e. The van der Waals surface area contributed by atoms with E-state index in [1.165, 1.54) is 5.01 Å². The summed E-state index contributed by atoms with van der Waals surface area (Å²) in [6.07, 6.45) is 3.35. The summed E-state index contributed by atoms with van der Waals surface area (Å²) in [6.45, 7) is 3.97. The maximum Gasteiger partial charge on any atom is 0.230 e. The van der Waals surface area contributed by atoms with Crippen LogP contribution in [0.15, 0.2) is 108 Å². The van der Waals surface area contributed by atoms with Crippen LogP contribution >= 0.6 is 0 Å². The van der Waals surface area contributed by atoms with Gasteiger partial charge in [0.1, 0.15) is 0 Å². The summed E-state index contributed by atoms with van der Waals surface area (Å²) in [6, 6.07) is 31.8. The van der Waals surface area contributed by atoms with Crippen molar-refractivity contribution in [2.75, 3.05) is 0 Å². The Morgan fingerprint density at radius 3 is 2.15 bits per heavy atom. The summed E-state index contributed by atoms with van der Waals surface area (Å²) >= 11 is 0. The lowest BCUT2D eigenvalue weighted by molar-refractivity contribution is -0.119. The summed E-state index contributed by atoms with van der Waals surface area (Å²) < 4.78 is 3.75. The van der Waals surface area contributed by atoms with Crippen molar-refractivity contribution in [2.45, 2.75) is 26.3 Å². The van der Waals surface area contributed by atoms with E-state index in [0.29, 0.717) is 6.42 Å². The number of pyridine rings is 1.